The van der Waals surface area contributed by atoms with E-state index in [0.29, 0.717) is 6.42 Å². The number of methoxy groups -OCH3 is 1. The molecule has 0 bridgehead atoms. The molecule has 5 nitrogen and oxygen atoms in total. The van der Waals surface area contributed by atoms with Crippen LogP contribution in [0.25, 0.3) is 0 Å². The summed E-state index contributed by atoms with van der Waals surface area (Å²) >= 11 is 0. The summed E-state index contributed by atoms with van der Waals surface area (Å²) in [4.78, 5) is 14.1. The molecule has 5 heteroatoms. The van der Waals surface area contributed by atoms with Crippen LogP contribution >= 0.6 is 0 Å². The number of morpholine rings is 1. The molecule has 1 saturated carbocycles. The van der Waals surface area contributed by atoms with Crippen molar-refractivity contribution in [2.75, 3.05) is 40.0 Å². The molecule has 2 aliphatic rings. The van der Waals surface area contributed by atoms with Gasteiger partial charge in [-0.15, -0.1) is 0 Å². The first kappa shape index (κ1) is 18.2. The summed E-state index contributed by atoms with van der Waals surface area (Å²) in [6.07, 6.45) is 6.73. The Morgan fingerprint density at radius 2 is 1.84 bits per heavy atom. The van der Waals surface area contributed by atoms with Gasteiger partial charge in [-0.2, -0.15) is 0 Å². The zero-order chi connectivity index (χ0) is 17.5. The van der Waals surface area contributed by atoms with E-state index in [1.807, 2.05) is 24.3 Å². The molecule has 0 atom stereocenters. The van der Waals surface area contributed by atoms with Crippen molar-refractivity contribution in [2.45, 2.75) is 44.1 Å². The molecule has 0 unspecified atom stereocenters. The molecule has 1 aliphatic carbocycles. The number of hydrogen-bond donors (Lipinski definition) is 2. The van der Waals surface area contributed by atoms with Crippen molar-refractivity contribution in [3.05, 3.63) is 29.8 Å². The van der Waals surface area contributed by atoms with Gasteiger partial charge in [0.15, 0.2) is 0 Å². The summed E-state index contributed by atoms with van der Waals surface area (Å²) in [5.74, 6) is 0.934. The second-order valence-corrected chi connectivity index (χ2v) is 7.36. The predicted octanol–water partition coefficient (Wildman–Crippen LogP) is 0.972. The van der Waals surface area contributed by atoms with E-state index in [0.717, 1.165) is 44.2 Å². The molecule has 1 amide bonds. The standard InChI is InChI=1S/C20H30N2O3/c1-24-18-7-5-17(6-8-18)15-19(23)21-16-20(9-3-2-4-10-20)22-11-13-25-14-12-22/h5-8H,2-4,9-16H2,1H3,(H,21,23)/p+1. The third-order valence-electron chi connectivity index (χ3n) is 5.80. The van der Waals surface area contributed by atoms with Crippen molar-refractivity contribution in [1.82, 2.24) is 5.32 Å². The highest BCUT2D eigenvalue weighted by molar-refractivity contribution is 5.78. The second kappa shape index (κ2) is 8.68. The summed E-state index contributed by atoms with van der Waals surface area (Å²) in [6.45, 7) is 4.60. The minimum absolute atomic E-state index is 0.114. The maximum absolute atomic E-state index is 12.5. The third-order valence-corrected chi connectivity index (χ3v) is 5.80. The summed E-state index contributed by atoms with van der Waals surface area (Å²) < 4.78 is 10.7. The van der Waals surface area contributed by atoms with E-state index >= 15 is 0 Å². The Morgan fingerprint density at radius 1 is 1.16 bits per heavy atom. The molecular weight excluding hydrogens is 316 g/mol. The average Bonchev–Trinajstić information content (AvgIpc) is 2.68. The highest BCUT2D eigenvalue weighted by Gasteiger charge is 2.42. The van der Waals surface area contributed by atoms with E-state index in [1.54, 1.807) is 12.0 Å². The zero-order valence-electron chi connectivity index (χ0n) is 15.3. The van der Waals surface area contributed by atoms with Crippen LogP contribution in [0.4, 0.5) is 0 Å². The van der Waals surface area contributed by atoms with E-state index in [4.69, 9.17) is 9.47 Å². The van der Waals surface area contributed by atoms with E-state index < -0.39 is 0 Å². The van der Waals surface area contributed by atoms with Crippen molar-refractivity contribution >= 4 is 5.91 Å². The molecule has 1 saturated heterocycles. The van der Waals surface area contributed by atoms with Gasteiger partial charge in [-0.3, -0.25) is 4.79 Å². The second-order valence-electron chi connectivity index (χ2n) is 7.36. The van der Waals surface area contributed by atoms with Gasteiger partial charge in [0.2, 0.25) is 5.91 Å². The maximum Gasteiger partial charge on any atom is 0.224 e. The predicted molar refractivity (Wildman–Crippen MR) is 97.0 cm³/mol. The number of ether oxygens (including phenoxy) is 2. The number of carbonyl (C=O) groups excluding carboxylic acids is 1. The fourth-order valence-electron chi connectivity index (χ4n) is 4.29. The molecule has 3 rings (SSSR count). The topological polar surface area (TPSA) is 52.0 Å². The highest BCUT2D eigenvalue weighted by Crippen LogP contribution is 2.25. The number of benzene rings is 1. The van der Waals surface area contributed by atoms with Crippen molar-refractivity contribution in [2.24, 2.45) is 0 Å². The number of rotatable bonds is 6. The minimum Gasteiger partial charge on any atom is -0.497 e. The van der Waals surface area contributed by atoms with Crippen molar-refractivity contribution < 1.29 is 19.2 Å². The van der Waals surface area contributed by atoms with Gasteiger partial charge in [0.25, 0.3) is 0 Å². The van der Waals surface area contributed by atoms with Gasteiger partial charge >= 0.3 is 0 Å². The highest BCUT2D eigenvalue weighted by atomic mass is 16.5. The van der Waals surface area contributed by atoms with Crippen LogP contribution in [0.1, 0.15) is 37.7 Å². The molecule has 1 aromatic rings. The van der Waals surface area contributed by atoms with Crippen LogP contribution in [0.2, 0.25) is 0 Å². The average molecular weight is 347 g/mol. The summed E-state index contributed by atoms with van der Waals surface area (Å²) in [6, 6.07) is 7.73. The Morgan fingerprint density at radius 3 is 2.48 bits per heavy atom. The number of hydrogen-bond acceptors (Lipinski definition) is 3. The number of amides is 1. The number of carbonyl (C=O) groups is 1. The lowest BCUT2D eigenvalue weighted by molar-refractivity contribution is -0.960. The molecule has 1 heterocycles. The van der Waals surface area contributed by atoms with E-state index in [-0.39, 0.29) is 11.4 Å². The summed E-state index contributed by atoms with van der Waals surface area (Å²) in [7, 11) is 1.65. The van der Waals surface area contributed by atoms with Crippen LogP contribution < -0.4 is 15.0 Å². The fourth-order valence-corrected chi connectivity index (χ4v) is 4.29. The van der Waals surface area contributed by atoms with Gasteiger partial charge in [-0.1, -0.05) is 18.6 Å². The van der Waals surface area contributed by atoms with Crippen LogP contribution in [0.5, 0.6) is 5.75 Å². The smallest absolute Gasteiger partial charge is 0.224 e. The van der Waals surface area contributed by atoms with E-state index in [9.17, 15) is 4.79 Å². The maximum atomic E-state index is 12.5. The first-order chi connectivity index (χ1) is 12.2. The quantitative estimate of drug-likeness (QED) is 0.806. The lowest BCUT2D eigenvalue weighted by Crippen LogP contribution is -3.23. The van der Waals surface area contributed by atoms with Crippen LogP contribution in [-0.2, 0) is 16.0 Å². The van der Waals surface area contributed by atoms with Crippen LogP contribution in [-0.4, -0.2) is 51.4 Å². The zero-order valence-corrected chi connectivity index (χ0v) is 15.3. The molecule has 0 aromatic heterocycles. The molecule has 2 fully saturated rings. The Bertz CT molecular complexity index is 547. The van der Waals surface area contributed by atoms with Crippen LogP contribution in [0, 0.1) is 0 Å². The van der Waals surface area contributed by atoms with Crippen molar-refractivity contribution in [3.8, 4) is 5.75 Å². The van der Waals surface area contributed by atoms with E-state index in [1.165, 1.54) is 32.1 Å². The van der Waals surface area contributed by atoms with Crippen LogP contribution in [0.3, 0.4) is 0 Å². The Labute approximate surface area is 150 Å². The number of quaternary nitrogens is 1. The lowest BCUT2D eigenvalue weighted by atomic mass is 9.79. The molecule has 0 spiro atoms. The molecule has 138 valence electrons. The third kappa shape index (κ3) is 4.73. The van der Waals surface area contributed by atoms with Gasteiger partial charge in [-0.05, 0) is 30.5 Å². The largest absolute Gasteiger partial charge is 0.497 e. The molecule has 1 aliphatic heterocycles. The fraction of sp³-hybridized carbons (Fsp3) is 0.650. The lowest BCUT2D eigenvalue weighted by Gasteiger charge is -2.45. The first-order valence-electron chi connectivity index (χ1n) is 9.54. The van der Waals surface area contributed by atoms with Gasteiger partial charge in [0.05, 0.1) is 33.3 Å². The molecule has 1 aromatic carbocycles. The Hall–Kier alpha value is -1.59. The monoisotopic (exact) mass is 347 g/mol. The van der Waals surface area contributed by atoms with Crippen molar-refractivity contribution in [3.63, 3.8) is 0 Å². The molecule has 2 N–H and O–H groups in total. The van der Waals surface area contributed by atoms with Gasteiger partial charge < -0.3 is 19.7 Å². The molecule has 0 radical (unpaired) electrons. The molecule has 25 heavy (non-hydrogen) atoms. The van der Waals surface area contributed by atoms with Crippen LogP contribution in [0.15, 0.2) is 24.3 Å². The number of nitrogens with one attached hydrogen (secondary N) is 2. The SMILES string of the molecule is COc1ccc(CC(=O)NCC2([NH+]3CCOCC3)CCCCC2)cc1. The van der Waals surface area contributed by atoms with Gasteiger partial charge in [0.1, 0.15) is 24.4 Å². The van der Waals surface area contributed by atoms with Gasteiger partial charge in [-0.25, -0.2) is 0 Å². The summed E-state index contributed by atoms with van der Waals surface area (Å²) in [5.41, 5.74) is 1.23. The van der Waals surface area contributed by atoms with Gasteiger partial charge in [0, 0.05) is 12.8 Å². The Balaban J connectivity index is 1.57. The van der Waals surface area contributed by atoms with Crippen molar-refractivity contribution in [1.29, 1.82) is 0 Å². The Kier molecular flexibility index (Phi) is 6.32. The van der Waals surface area contributed by atoms with E-state index in [2.05, 4.69) is 5.32 Å². The normalized spacial score (nSPS) is 20.8. The molecular formula is C20H31N2O3+. The minimum atomic E-state index is 0.114. The summed E-state index contributed by atoms with van der Waals surface area (Å²) in [5, 5.41) is 3.24. The first-order valence-corrected chi connectivity index (χ1v) is 9.54.